The standard InChI is InChI=1S/C21H27N3O3.C2H6/c1-16(18-6-4-3-5-7-18)12-19(25)23-10-8-21(27,9-11-23)14-24-15-22-17(2)13-20(24)26;1-2/h3-7,13,15-16,27H,8-12,14H2,1-2H3;1-2H3. The van der Waals surface area contributed by atoms with Crippen molar-refractivity contribution >= 4 is 5.91 Å². The Morgan fingerprint density at radius 3 is 2.41 bits per heavy atom. The van der Waals surface area contributed by atoms with Gasteiger partial charge < -0.3 is 10.0 Å². The van der Waals surface area contributed by atoms with E-state index in [4.69, 9.17) is 0 Å². The fourth-order valence-electron chi connectivity index (χ4n) is 3.57. The van der Waals surface area contributed by atoms with Gasteiger partial charge in [0.2, 0.25) is 5.91 Å². The number of nitrogens with zero attached hydrogens (tertiary/aromatic N) is 3. The summed E-state index contributed by atoms with van der Waals surface area (Å²) in [6.07, 6.45) is 2.86. The number of carbonyl (C=O) groups is 1. The molecule has 1 aliphatic heterocycles. The normalized spacial score (nSPS) is 16.5. The van der Waals surface area contributed by atoms with Crippen LogP contribution in [0, 0.1) is 6.92 Å². The quantitative estimate of drug-likeness (QED) is 0.838. The summed E-state index contributed by atoms with van der Waals surface area (Å²) in [5.41, 5.74) is 0.677. The van der Waals surface area contributed by atoms with Gasteiger partial charge >= 0.3 is 0 Å². The van der Waals surface area contributed by atoms with E-state index in [0.717, 1.165) is 5.56 Å². The van der Waals surface area contributed by atoms with Gasteiger partial charge in [0.15, 0.2) is 0 Å². The summed E-state index contributed by atoms with van der Waals surface area (Å²) in [6, 6.07) is 11.5. The number of likely N-dealkylation sites (tertiary alicyclic amines) is 1. The highest BCUT2D eigenvalue weighted by molar-refractivity contribution is 5.77. The molecule has 1 aromatic carbocycles. The van der Waals surface area contributed by atoms with Gasteiger partial charge in [-0.05, 0) is 31.2 Å². The zero-order chi connectivity index (χ0) is 21.4. The molecular formula is C23H33N3O3. The second kappa shape index (κ2) is 10.3. The predicted octanol–water partition coefficient (Wildman–Crippen LogP) is 3.13. The summed E-state index contributed by atoms with van der Waals surface area (Å²) in [4.78, 5) is 30.6. The van der Waals surface area contributed by atoms with Crippen molar-refractivity contribution in [3.8, 4) is 0 Å². The van der Waals surface area contributed by atoms with Gasteiger partial charge in [-0.15, -0.1) is 0 Å². The van der Waals surface area contributed by atoms with Gasteiger partial charge in [-0.2, -0.15) is 0 Å². The first-order valence-corrected chi connectivity index (χ1v) is 10.4. The van der Waals surface area contributed by atoms with Crippen LogP contribution in [0.2, 0.25) is 0 Å². The Kier molecular flexibility index (Phi) is 8.14. The molecule has 0 saturated carbocycles. The number of rotatable bonds is 5. The largest absolute Gasteiger partial charge is 0.388 e. The van der Waals surface area contributed by atoms with E-state index in [9.17, 15) is 14.7 Å². The van der Waals surface area contributed by atoms with Crippen LogP contribution >= 0.6 is 0 Å². The van der Waals surface area contributed by atoms with Crippen LogP contribution in [0.25, 0.3) is 0 Å². The molecule has 0 aliphatic carbocycles. The molecule has 3 rings (SSSR count). The molecule has 1 atom stereocenters. The van der Waals surface area contributed by atoms with E-state index in [-0.39, 0.29) is 23.9 Å². The fraction of sp³-hybridized carbons (Fsp3) is 0.522. The number of benzene rings is 1. The summed E-state index contributed by atoms with van der Waals surface area (Å²) in [6.45, 7) is 9.04. The minimum atomic E-state index is -0.984. The van der Waals surface area contributed by atoms with Crippen molar-refractivity contribution in [1.82, 2.24) is 14.5 Å². The zero-order valence-corrected chi connectivity index (χ0v) is 18.0. The Bertz CT molecular complexity index is 840. The molecule has 2 heterocycles. The maximum absolute atomic E-state index is 12.6. The molecule has 1 aliphatic rings. The van der Waals surface area contributed by atoms with E-state index >= 15 is 0 Å². The van der Waals surface area contributed by atoms with Crippen molar-refractivity contribution in [2.24, 2.45) is 0 Å². The number of aromatic nitrogens is 2. The molecule has 1 N–H and O–H groups in total. The summed E-state index contributed by atoms with van der Waals surface area (Å²) >= 11 is 0. The van der Waals surface area contributed by atoms with Gasteiger partial charge in [0.25, 0.3) is 5.56 Å². The number of aliphatic hydroxyl groups is 1. The van der Waals surface area contributed by atoms with Crippen LogP contribution in [0.4, 0.5) is 0 Å². The molecular weight excluding hydrogens is 366 g/mol. The first kappa shape index (κ1) is 22.8. The van der Waals surface area contributed by atoms with Gasteiger partial charge in [-0.25, -0.2) is 4.98 Å². The number of amides is 1. The van der Waals surface area contributed by atoms with Gasteiger partial charge in [0.05, 0.1) is 18.5 Å². The zero-order valence-electron chi connectivity index (χ0n) is 18.0. The van der Waals surface area contributed by atoms with Gasteiger partial charge in [0.1, 0.15) is 0 Å². The van der Waals surface area contributed by atoms with E-state index in [1.807, 2.05) is 49.1 Å². The Balaban J connectivity index is 0.00000145. The smallest absolute Gasteiger partial charge is 0.253 e. The molecule has 1 aromatic heterocycles. The summed E-state index contributed by atoms with van der Waals surface area (Å²) in [5, 5.41) is 10.9. The van der Waals surface area contributed by atoms with E-state index in [0.29, 0.717) is 38.0 Å². The third-order valence-corrected chi connectivity index (χ3v) is 5.38. The first-order chi connectivity index (χ1) is 13.9. The highest BCUT2D eigenvalue weighted by Gasteiger charge is 2.34. The summed E-state index contributed by atoms with van der Waals surface area (Å²) in [7, 11) is 0. The third kappa shape index (κ3) is 6.26. The maximum Gasteiger partial charge on any atom is 0.253 e. The van der Waals surface area contributed by atoms with Crippen molar-refractivity contribution in [3.63, 3.8) is 0 Å². The summed E-state index contributed by atoms with van der Waals surface area (Å²) < 4.78 is 1.45. The molecule has 158 valence electrons. The molecule has 1 fully saturated rings. The minimum absolute atomic E-state index is 0.113. The third-order valence-electron chi connectivity index (χ3n) is 5.38. The van der Waals surface area contributed by atoms with Crippen LogP contribution in [0.5, 0.6) is 0 Å². The highest BCUT2D eigenvalue weighted by Crippen LogP contribution is 2.26. The molecule has 2 aromatic rings. The molecule has 0 spiro atoms. The second-order valence-electron chi connectivity index (χ2n) is 7.62. The molecule has 1 unspecified atom stereocenters. The number of aryl methyl sites for hydroxylation is 1. The van der Waals surface area contributed by atoms with Crippen LogP contribution < -0.4 is 5.56 Å². The lowest BCUT2D eigenvalue weighted by atomic mass is 9.90. The number of hydrogen-bond acceptors (Lipinski definition) is 4. The predicted molar refractivity (Wildman–Crippen MR) is 115 cm³/mol. The highest BCUT2D eigenvalue weighted by atomic mass is 16.3. The van der Waals surface area contributed by atoms with Crippen molar-refractivity contribution < 1.29 is 9.90 Å². The van der Waals surface area contributed by atoms with Crippen molar-refractivity contribution in [2.75, 3.05) is 13.1 Å². The average Bonchev–Trinajstić information content (AvgIpc) is 2.72. The molecule has 1 saturated heterocycles. The summed E-state index contributed by atoms with van der Waals surface area (Å²) in [5.74, 6) is 0.277. The molecule has 0 radical (unpaired) electrons. The van der Waals surface area contributed by atoms with Crippen molar-refractivity contribution in [1.29, 1.82) is 0 Å². The molecule has 29 heavy (non-hydrogen) atoms. The van der Waals surface area contributed by atoms with Crippen LogP contribution in [0.15, 0.2) is 47.5 Å². The van der Waals surface area contributed by atoms with Crippen molar-refractivity contribution in [2.45, 2.75) is 65.0 Å². The average molecular weight is 400 g/mol. The second-order valence-corrected chi connectivity index (χ2v) is 7.62. The molecule has 1 amide bonds. The Morgan fingerprint density at radius 1 is 1.21 bits per heavy atom. The molecule has 0 bridgehead atoms. The Hall–Kier alpha value is -2.47. The fourth-order valence-corrected chi connectivity index (χ4v) is 3.57. The molecule has 6 nitrogen and oxygen atoms in total. The van der Waals surface area contributed by atoms with Crippen LogP contribution in [-0.4, -0.2) is 44.2 Å². The van der Waals surface area contributed by atoms with Gasteiger partial charge in [0, 0.05) is 31.3 Å². The van der Waals surface area contributed by atoms with E-state index in [1.165, 1.54) is 17.0 Å². The Morgan fingerprint density at radius 2 is 1.83 bits per heavy atom. The van der Waals surface area contributed by atoms with Gasteiger partial charge in [-0.1, -0.05) is 51.1 Å². The lowest BCUT2D eigenvalue weighted by Crippen LogP contribution is -2.49. The van der Waals surface area contributed by atoms with Crippen LogP contribution in [0.3, 0.4) is 0 Å². The SMILES string of the molecule is CC.Cc1cc(=O)n(CC2(O)CCN(C(=O)CC(C)c3ccccc3)CC2)cn1. The molecule has 6 heteroatoms. The number of hydrogen-bond donors (Lipinski definition) is 1. The van der Waals surface area contributed by atoms with Gasteiger partial charge in [-0.3, -0.25) is 14.2 Å². The first-order valence-electron chi connectivity index (χ1n) is 10.4. The number of carbonyl (C=O) groups excluding carboxylic acids is 1. The lowest BCUT2D eigenvalue weighted by Gasteiger charge is -2.38. The van der Waals surface area contributed by atoms with E-state index < -0.39 is 5.60 Å². The van der Waals surface area contributed by atoms with Crippen LogP contribution in [0.1, 0.15) is 57.2 Å². The minimum Gasteiger partial charge on any atom is -0.388 e. The van der Waals surface area contributed by atoms with Crippen molar-refractivity contribution in [3.05, 3.63) is 64.3 Å². The van der Waals surface area contributed by atoms with Crippen LogP contribution in [-0.2, 0) is 11.3 Å². The monoisotopic (exact) mass is 399 g/mol. The maximum atomic E-state index is 12.6. The topological polar surface area (TPSA) is 75.4 Å². The number of piperidine rings is 1. The van der Waals surface area contributed by atoms with E-state index in [1.54, 1.807) is 6.92 Å². The lowest BCUT2D eigenvalue weighted by molar-refractivity contribution is -0.136. The Labute approximate surface area is 173 Å². The van der Waals surface area contributed by atoms with E-state index in [2.05, 4.69) is 11.9 Å².